The third-order valence-corrected chi connectivity index (χ3v) is 2.63. The maximum absolute atomic E-state index is 5.77. The van der Waals surface area contributed by atoms with E-state index in [0.29, 0.717) is 12.5 Å². The molecule has 2 heterocycles. The van der Waals surface area contributed by atoms with Crippen LogP contribution in [0.15, 0.2) is 40.9 Å². The van der Waals surface area contributed by atoms with Gasteiger partial charge in [-0.05, 0) is 37.2 Å². The van der Waals surface area contributed by atoms with Crippen molar-refractivity contribution in [1.29, 1.82) is 0 Å². The number of aromatic nitrogens is 1. The standard InChI is InChI=1S/C13H16N2O/c1-10(7-8-14)12-5-6-13(16-12)11-4-2-3-9-15-11/h2-6,9-10H,7-8,14H2,1H3. The Balaban J connectivity index is 2.20. The van der Waals surface area contributed by atoms with Gasteiger partial charge >= 0.3 is 0 Å². The minimum absolute atomic E-state index is 0.363. The van der Waals surface area contributed by atoms with Crippen LogP contribution in [0.5, 0.6) is 0 Å². The van der Waals surface area contributed by atoms with Crippen molar-refractivity contribution in [3.63, 3.8) is 0 Å². The second-order valence-corrected chi connectivity index (χ2v) is 3.90. The molecule has 3 nitrogen and oxygen atoms in total. The van der Waals surface area contributed by atoms with Crippen LogP contribution in [0.25, 0.3) is 11.5 Å². The third kappa shape index (κ3) is 2.31. The molecular formula is C13H16N2O. The zero-order chi connectivity index (χ0) is 11.4. The molecule has 2 aromatic heterocycles. The first-order chi connectivity index (χ1) is 7.81. The highest BCUT2D eigenvalue weighted by atomic mass is 16.3. The van der Waals surface area contributed by atoms with Crippen LogP contribution in [0.3, 0.4) is 0 Å². The molecule has 0 saturated heterocycles. The molecule has 0 saturated carbocycles. The molecular weight excluding hydrogens is 200 g/mol. The molecule has 0 amide bonds. The Labute approximate surface area is 95.3 Å². The Morgan fingerprint density at radius 3 is 2.88 bits per heavy atom. The molecule has 2 N–H and O–H groups in total. The van der Waals surface area contributed by atoms with E-state index in [4.69, 9.17) is 10.2 Å². The zero-order valence-electron chi connectivity index (χ0n) is 9.39. The summed E-state index contributed by atoms with van der Waals surface area (Å²) in [6, 6.07) is 9.75. The summed E-state index contributed by atoms with van der Waals surface area (Å²) in [7, 11) is 0. The SMILES string of the molecule is CC(CCN)c1ccc(-c2ccccn2)o1. The van der Waals surface area contributed by atoms with E-state index in [1.54, 1.807) is 6.20 Å². The summed E-state index contributed by atoms with van der Waals surface area (Å²) in [5, 5.41) is 0. The Hall–Kier alpha value is -1.61. The number of nitrogens with two attached hydrogens (primary N) is 1. The maximum Gasteiger partial charge on any atom is 0.152 e. The number of furan rings is 1. The van der Waals surface area contributed by atoms with Gasteiger partial charge in [0.1, 0.15) is 11.5 Å². The van der Waals surface area contributed by atoms with Crippen molar-refractivity contribution in [2.45, 2.75) is 19.3 Å². The molecule has 2 aromatic rings. The van der Waals surface area contributed by atoms with Crippen LogP contribution in [-0.4, -0.2) is 11.5 Å². The van der Waals surface area contributed by atoms with Gasteiger partial charge in [0, 0.05) is 12.1 Å². The van der Waals surface area contributed by atoms with E-state index >= 15 is 0 Å². The molecule has 0 bridgehead atoms. The lowest BCUT2D eigenvalue weighted by Crippen LogP contribution is -2.03. The van der Waals surface area contributed by atoms with Gasteiger partial charge in [-0.3, -0.25) is 4.98 Å². The molecule has 2 rings (SSSR count). The maximum atomic E-state index is 5.77. The topological polar surface area (TPSA) is 52.0 Å². The van der Waals surface area contributed by atoms with E-state index in [1.807, 2.05) is 30.3 Å². The van der Waals surface area contributed by atoms with Gasteiger partial charge < -0.3 is 10.2 Å². The molecule has 1 atom stereocenters. The Morgan fingerprint density at radius 2 is 2.19 bits per heavy atom. The molecule has 0 aliphatic heterocycles. The lowest BCUT2D eigenvalue weighted by Gasteiger charge is -2.05. The number of hydrogen-bond donors (Lipinski definition) is 1. The van der Waals surface area contributed by atoms with Crippen LogP contribution in [0.2, 0.25) is 0 Å². The lowest BCUT2D eigenvalue weighted by molar-refractivity contribution is 0.473. The van der Waals surface area contributed by atoms with Crippen LogP contribution >= 0.6 is 0 Å². The van der Waals surface area contributed by atoms with Gasteiger partial charge in [-0.25, -0.2) is 0 Å². The van der Waals surface area contributed by atoms with Crippen molar-refractivity contribution < 1.29 is 4.42 Å². The highest BCUT2D eigenvalue weighted by Gasteiger charge is 2.11. The normalized spacial score (nSPS) is 12.6. The van der Waals surface area contributed by atoms with Crippen LogP contribution in [0.4, 0.5) is 0 Å². The van der Waals surface area contributed by atoms with Crippen molar-refractivity contribution in [2.75, 3.05) is 6.54 Å². The summed E-state index contributed by atoms with van der Waals surface area (Å²) in [6.07, 6.45) is 2.70. The molecule has 84 valence electrons. The van der Waals surface area contributed by atoms with Crippen molar-refractivity contribution in [2.24, 2.45) is 5.73 Å². The quantitative estimate of drug-likeness (QED) is 0.855. The number of rotatable bonds is 4. The van der Waals surface area contributed by atoms with Gasteiger partial charge in [0.05, 0.1) is 0 Å². The fourth-order valence-electron chi connectivity index (χ4n) is 1.66. The second kappa shape index (κ2) is 4.94. The lowest BCUT2D eigenvalue weighted by atomic mass is 10.1. The van der Waals surface area contributed by atoms with Crippen molar-refractivity contribution in [3.8, 4) is 11.5 Å². The van der Waals surface area contributed by atoms with Gasteiger partial charge in [-0.15, -0.1) is 0 Å². The molecule has 0 aliphatic rings. The Bertz CT molecular complexity index is 436. The Kier molecular flexibility index (Phi) is 3.37. The van der Waals surface area contributed by atoms with Crippen molar-refractivity contribution in [3.05, 3.63) is 42.3 Å². The minimum Gasteiger partial charge on any atom is -0.459 e. The zero-order valence-corrected chi connectivity index (χ0v) is 9.39. The number of pyridine rings is 1. The fourth-order valence-corrected chi connectivity index (χ4v) is 1.66. The number of hydrogen-bond acceptors (Lipinski definition) is 3. The van der Waals surface area contributed by atoms with Crippen molar-refractivity contribution in [1.82, 2.24) is 4.98 Å². The van der Waals surface area contributed by atoms with Crippen LogP contribution in [-0.2, 0) is 0 Å². The summed E-state index contributed by atoms with van der Waals surface area (Å²) in [6.45, 7) is 2.80. The predicted molar refractivity (Wildman–Crippen MR) is 64.0 cm³/mol. The molecule has 0 aliphatic carbocycles. The van der Waals surface area contributed by atoms with Crippen molar-refractivity contribution >= 4 is 0 Å². The molecule has 16 heavy (non-hydrogen) atoms. The van der Waals surface area contributed by atoms with E-state index in [0.717, 1.165) is 23.6 Å². The molecule has 0 fully saturated rings. The van der Waals surface area contributed by atoms with Gasteiger partial charge in [-0.2, -0.15) is 0 Å². The molecule has 0 radical (unpaired) electrons. The monoisotopic (exact) mass is 216 g/mol. The fraction of sp³-hybridized carbons (Fsp3) is 0.308. The summed E-state index contributed by atoms with van der Waals surface area (Å²) < 4.78 is 5.77. The highest BCUT2D eigenvalue weighted by Crippen LogP contribution is 2.26. The average Bonchev–Trinajstić information content (AvgIpc) is 2.80. The first-order valence-corrected chi connectivity index (χ1v) is 5.52. The first kappa shape index (κ1) is 10.9. The first-order valence-electron chi connectivity index (χ1n) is 5.52. The van der Waals surface area contributed by atoms with Gasteiger partial charge in [0.15, 0.2) is 5.76 Å². The Morgan fingerprint density at radius 1 is 1.31 bits per heavy atom. The second-order valence-electron chi connectivity index (χ2n) is 3.90. The van der Waals surface area contributed by atoms with Gasteiger partial charge in [0.2, 0.25) is 0 Å². The third-order valence-electron chi connectivity index (χ3n) is 2.63. The van der Waals surface area contributed by atoms with Crippen LogP contribution in [0, 0.1) is 0 Å². The van der Waals surface area contributed by atoms with E-state index in [9.17, 15) is 0 Å². The minimum atomic E-state index is 0.363. The van der Waals surface area contributed by atoms with Crippen LogP contribution in [0.1, 0.15) is 25.0 Å². The molecule has 3 heteroatoms. The number of nitrogens with zero attached hydrogens (tertiary/aromatic N) is 1. The van der Waals surface area contributed by atoms with Crippen LogP contribution < -0.4 is 5.73 Å². The largest absolute Gasteiger partial charge is 0.459 e. The summed E-state index contributed by atoms with van der Waals surface area (Å²) in [4.78, 5) is 4.25. The highest BCUT2D eigenvalue weighted by molar-refractivity contribution is 5.51. The van der Waals surface area contributed by atoms with Gasteiger partial charge in [-0.1, -0.05) is 13.0 Å². The summed E-state index contributed by atoms with van der Waals surface area (Å²) in [5.74, 6) is 2.16. The van der Waals surface area contributed by atoms with Gasteiger partial charge in [0.25, 0.3) is 0 Å². The summed E-state index contributed by atoms with van der Waals surface area (Å²) in [5.41, 5.74) is 6.40. The summed E-state index contributed by atoms with van der Waals surface area (Å²) >= 11 is 0. The average molecular weight is 216 g/mol. The molecule has 1 unspecified atom stereocenters. The van der Waals surface area contributed by atoms with E-state index in [2.05, 4.69) is 11.9 Å². The van der Waals surface area contributed by atoms with E-state index in [-0.39, 0.29) is 0 Å². The smallest absolute Gasteiger partial charge is 0.152 e. The van der Waals surface area contributed by atoms with E-state index < -0.39 is 0 Å². The molecule has 0 spiro atoms. The van der Waals surface area contributed by atoms with E-state index in [1.165, 1.54) is 0 Å². The predicted octanol–water partition coefficient (Wildman–Crippen LogP) is 2.79. The molecule has 0 aromatic carbocycles.